The van der Waals surface area contributed by atoms with Crippen LogP contribution in [0.1, 0.15) is 11.1 Å². The van der Waals surface area contributed by atoms with Crippen LogP contribution in [0, 0.1) is 6.92 Å². The molecule has 0 saturated heterocycles. The monoisotopic (exact) mass is 309 g/mol. The second-order valence-electron chi connectivity index (χ2n) is 3.61. The lowest BCUT2D eigenvalue weighted by Gasteiger charge is -2.05. The molecule has 1 aromatic carbocycles. The van der Waals surface area contributed by atoms with E-state index in [1.165, 1.54) is 11.1 Å². The Morgan fingerprint density at radius 2 is 2.06 bits per heavy atom. The van der Waals surface area contributed by atoms with Crippen LogP contribution in [0.15, 0.2) is 40.1 Å². The van der Waals surface area contributed by atoms with Crippen LogP contribution in [0.4, 0.5) is 5.82 Å². The number of nitrogens with two attached hydrogens (primary N) is 1. The maximum Gasteiger partial charge on any atom is 0.190 e. The van der Waals surface area contributed by atoms with Gasteiger partial charge >= 0.3 is 0 Å². The molecule has 0 spiro atoms. The van der Waals surface area contributed by atoms with E-state index in [0.717, 1.165) is 10.4 Å². The van der Waals surface area contributed by atoms with Crippen molar-refractivity contribution in [2.24, 2.45) is 0 Å². The standard InChI is InChI=1S/C12H12BrN3S/c1-8-4-2-3-5-9(8)7-17-12-15-10(13)6-11(14)16-12/h2-6H,7H2,1H3,(H2,14,15,16). The molecule has 1 aromatic heterocycles. The summed E-state index contributed by atoms with van der Waals surface area (Å²) >= 11 is 4.89. The quantitative estimate of drug-likeness (QED) is 0.536. The maximum atomic E-state index is 5.66. The highest BCUT2D eigenvalue weighted by Gasteiger charge is 2.03. The van der Waals surface area contributed by atoms with Crippen molar-refractivity contribution in [3.05, 3.63) is 46.1 Å². The lowest BCUT2D eigenvalue weighted by atomic mass is 10.1. The summed E-state index contributed by atoms with van der Waals surface area (Å²) in [6, 6.07) is 9.99. The minimum absolute atomic E-state index is 0.485. The Morgan fingerprint density at radius 1 is 1.29 bits per heavy atom. The van der Waals surface area contributed by atoms with Crippen LogP contribution in [0.5, 0.6) is 0 Å². The summed E-state index contributed by atoms with van der Waals surface area (Å²) < 4.78 is 0.720. The molecule has 0 saturated carbocycles. The Kier molecular flexibility index (Phi) is 4.02. The molecule has 0 amide bonds. The minimum atomic E-state index is 0.485. The van der Waals surface area contributed by atoms with Gasteiger partial charge in [0, 0.05) is 11.8 Å². The fourth-order valence-electron chi connectivity index (χ4n) is 1.39. The highest BCUT2D eigenvalue weighted by Crippen LogP contribution is 2.23. The van der Waals surface area contributed by atoms with E-state index in [1.807, 2.05) is 12.1 Å². The number of benzene rings is 1. The second kappa shape index (κ2) is 5.51. The number of anilines is 1. The molecule has 2 N–H and O–H groups in total. The first-order valence-corrected chi connectivity index (χ1v) is 6.90. The Bertz CT molecular complexity index is 511. The number of nitrogens with zero attached hydrogens (tertiary/aromatic N) is 2. The Labute approximate surface area is 113 Å². The lowest BCUT2D eigenvalue weighted by molar-refractivity contribution is 0.956. The van der Waals surface area contributed by atoms with Gasteiger partial charge in [-0.2, -0.15) is 0 Å². The maximum absolute atomic E-state index is 5.66. The Hall–Kier alpha value is -1.07. The van der Waals surface area contributed by atoms with Gasteiger partial charge < -0.3 is 5.73 Å². The van der Waals surface area contributed by atoms with Crippen LogP contribution in [-0.2, 0) is 5.75 Å². The SMILES string of the molecule is Cc1ccccc1CSc1nc(N)cc(Br)n1. The number of halogens is 1. The predicted molar refractivity (Wildman–Crippen MR) is 74.9 cm³/mol. The zero-order chi connectivity index (χ0) is 12.3. The molecule has 2 rings (SSSR count). The summed E-state index contributed by atoms with van der Waals surface area (Å²) in [6.45, 7) is 2.10. The van der Waals surface area contributed by atoms with Crippen molar-refractivity contribution in [3.8, 4) is 0 Å². The fraction of sp³-hybridized carbons (Fsp3) is 0.167. The number of thioether (sulfide) groups is 1. The van der Waals surface area contributed by atoms with E-state index in [2.05, 4.69) is 45.0 Å². The summed E-state index contributed by atoms with van der Waals surface area (Å²) in [4.78, 5) is 8.45. The minimum Gasteiger partial charge on any atom is -0.384 e. The van der Waals surface area contributed by atoms with Gasteiger partial charge in [-0.1, -0.05) is 36.0 Å². The lowest BCUT2D eigenvalue weighted by Crippen LogP contribution is -1.95. The van der Waals surface area contributed by atoms with Crippen molar-refractivity contribution in [1.29, 1.82) is 0 Å². The average molecular weight is 310 g/mol. The summed E-state index contributed by atoms with van der Waals surface area (Å²) in [5.41, 5.74) is 8.24. The molecule has 0 aliphatic rings. The largest absolute Gasteiger partial charge is 0.384 e. The van der Waals surface area contributed by atoms with Crippen LogP contribution in [0.25, 0.3) is 0 Å². The molecule has 3 nitrogen and oxygen atoms in total. The van der Waals surface area contributed by atoms with Gasteiger partial charge in [0.1, 0.15) is 10.4 Å². The molecular formula is C12H12BrN3S. The molecular weight excluding hydrogens is 298 g/mol. The Balaban J connectivity index is 2.10. The molecule has 5 heteroatoms. The van der Waals surface area contributed by atoms with Crippen molar-refractivity contribution < 1.29 is 0 Å². The van der Waals surface area contributed by atoms with E-state index in [0.29, 0.717) is 11.0 Å². The smallest absolute Gasteiger partial charge is 0.190 e. The van der Waals surface area contributed by atoms with Crippen molar-refractivity contribution in [1.82, 2.24) is 9.97 Å². The van der Waals surface area contributed by atoms with E-state index < -0.39 is 0 Å². The van der Waals surface area contributed by atoms with Crippen LogP contribution in [0.2, 0.25) is 0 Å². The van der Waals surface area contributed by atoms with E-state index in [4.69, 9.17) is 5.73 Å². The van der Waals surface area contributed by atoms with E-state index in [9.17, 15) is 0 Å². The van der Waals surface area contributed by atoms with Gasteiger partial charge in [0.05, 0.1) is 0 Å². The van der Waals surface area contributed by atoms with E-state index >= 15 is 0 Å². The third-order valence-corrected chi connectivity index (χ3v) is 3.61. The van der Waals surface area contributed by atoms with Gasteiger partial charge in [-0.15, -0.1) is 0 Å². The molecule has 2 aromatic rings. The number of hydrogen-bond donors (Lipinski definition) is 1. The zero-order valence-electron chi connectivity index (χ0n) is 9.35. The van der Waals surface area contributed by atoms with Crippen molar-refractivity contribution in [2.45, 2.75) is 17.8 Å². The zero-order valence-corrected chi connectivity index (χ0v) is 11.8. The van der Waals surface area contributed by atoms with Gasteiger partial charge in [0.2, 0.25) is 0 Å². The molecule has 0 bridgehead atoms. The first-order chi connectivity index (χ1) is 8.15. The molecule has 0 aliphatic carbocycles. The topological polar surface area (TPSA) is 51.8 Å². The van der Waals surface area contributed by atoms with Crippen LogP contribution < -0.4 is 5.73 Å². The number of hydrogen-bond acceptors (Lipinski definition) is 4. The summed E-state index contributed by atoms with van der Waals surface area (Å²) in [5, 5.41) is 0.695. The van der Waals surface area contributed by atoms with Crippen LogP contribution >= 0.6 is 27.7 Å². The van der Waals surface area contributed by atoms with E-state index in [-0.39, 0.29) is 0 Å². The number of nitrogen functional groups attached to an aromatic ring is 1. The molecule has 0 unspecified atom stereocenters. The number of aryl methyl sites for hydroxylation is 1. The molecule has 88 valence electrons. The van der Waals surface area contributed by atoms with Crippen molar-refractivity contribution >= 4 is 33.5 Å². The Morgan fingerprint density at radius 3 is 2.76 bits per heavy atom. The average Bonchev–Trinajstić information content (AvgIpc) is 2.27. The molecule has 1 heterocycles. The van der Waals surface area contributed by atoms with Gasteiger partial charge in [0.15, 0.2) is 5.16 Å². The third-order valence-electron chi connectivity index (χ3n) is 2.31. The second-order valence-corrected chi connectivity index (χ2v) is 5.37. The van der Waals surface area contributed by atoms with Crippen molar-refractivity contribution in [2.75, 3.05) is 5.73 Å². The van der Waals surface area contributed by atoms with Crippen molar-refractivity contribution in [3.63, 3.8) is 0 Å². The molecule has 0 radical (unpaired) electrons. The van der Waals surface area contributed by atoms with E-state index in [1.54, 1.807) is 17.8 Å². The van der Waals surface area contributed by atoms with Gasteiger partial charge in [-0.25, -0.2) is 9.97 Å². The predicted octanol–water partition coefficient (Wildman–Crippen LogP) is 3.42. The number of aromatic nitrogens is 2. The van der Waals surface area contributed by atoms with Gasteiger partial charge in [0.25, 0.3) is 0 Å². The summed E-state index contributed by atoms with van der Waals surface area (Å²) in [7, 11) is 0. The first kappa shape index (κ1) is 12.4. The van der Waals surface area contributed by atoms with Gasteiger partial charge in [-0.05, 0) is 34.0 Å². The molecule has 0 atom stereocenters. The molecule has 17 heavy (non-hydrogen) atoms. The number of rotatable bonds is 3. The molecule has 0 fully saturated rings. The fourth-order valence-corrected chi connectivity index (χ4v) is 2.85. The summed E-state index contributed by atoms with van der Waals surface area (Å²) in [5.74, 6) is 1.34. The highest BCUT2D eigenvalue weighted by atomic mass is 79.9. The summed E-state index contributed by atoms with van der Waals surface area (Å²) in [6.07, 6.45) is 0. The van der Waals surface area contributed by atoms with Crippen LogP contribution in [-0.4, -0.2) is 9.97 Å². The highest BCUT2D eigenvalue weighted by molar-refractivity contribution is 9.10. The van der Waals surface area contributed by atoms with Gasteiger partial charge in [-0.3, -0.25) is 0 Å². The third kappa shape index (κ3) is 3.44. The molecule has 0 aliphatic heterocycles. The first-order valence-electron chi connectivity index (χ1n) is 5.12. The normalized spacial score (nSPS) is 10.5. The van der Waals surface area contributed by atoms with Crippen LogP contribution in [0.3, 0.4) is 0 Å².